The summed E-state index contributed by atoms with van der Waals surface area (Å²) in [7, 11) is 1.83. The second kappa shape index (κ2) is 2.58. The molecule has 0 amide bonds. The van der Waals surface area contributed by atoms with E-state index in [0.717, 1.165) is 11.6 Å². The third-order valence-electron chi connectivity index (χ3n) is 1.39. The molecule has 0 aliphatic carbocycles. The lowest BCUT2D eigenvalue weighted by molar-refractivity contribution is -0.141. The van der Waals surface area contributed by atoms with Crippen molar-refractivity contribution < 1.29 is 9.90 Å². The average Bonchev–Trinajstić information content (AvgIpc) is 2.13. The molecule has 52 valence electrons. The van der Waals surface area contributed by atoms with Gasteiger partial charge in [0.25, 0.3) is 0 Å². The van der Waals surface area contributed by atoms with Gasteiger partial charge in [0, 0.05) is 11.6 Å². The molecule has 1 aliphatic heterocycles. The second-order valence-electron chi connectivity index (χ2n) is 2.11. The van der Waals surface area contributed by atoms with E-state index in [1.54, 1.807) is 11.8 Å². The minimum absolute atomic E-state index is 0.255. The minimum Gasteiger partial charge on any atom is -0.480 e. The lowest BCUT2D eigenvalue weighted by Gasteiger charge is -2.11. The summed E-state index contributed by atoms with van der Waals surface area (Å²) in [5, 5.41) is 8.53. The number of carboxylic acids is 1. The van der Waals surface area contributed by atoms with Crippen LogP contribution in [0.2, 0.25) is 0 Å². The van der Waals surface area contributed by atoms with Crippen LogP contribution in [0.25, 0.3) is 0 Å². The predicted molar refractivity (Wildman–Crippen MR) is 36.5 cm³/mol. The minimum atomic E-state index is -0.706. The highest BCUT2D eigenvalue weighted by Gasteiger charge is 2.27. The average molecular weight is 147 g/mol. The Morgan fingerprint density at radius 2 is 2.56 bits per heavy atom. The molecule has 1 fully saturated rings. The first kappa shape index (κ1) is 6.89. The van der Waals surface area contributed by atoms with Crippen molar-refractivity contribution in [2.45, 2.75) is 6.04 Å². The largest absolute Gasteiger partial charge is 0.480 e. The molecule has 0 aromatic rings. The van der Waals surface area contributed by atoms with E-state index in [-0.39, 0.29) is 6.04 Å². The van der Waals surface area contributed by atoms with Gasteiger partial charge in [-0.2, -0.15) is 0 Å². The molecule has 0 spiro atoms. The zero-order valence-electron chi connectivity index (χ0n) is 5.20. The smallest absolute Gasteiger partial charge is 0.321 e. The highest BCUT2D eigenvalue weighted by molar-refractivity contribution is 7.99. The van der Waals surface area contributed by atoms with Crippen molar-refractivity contribution in [1.82, 2.24) is 4.90 Å². The Morgan fingerprint density at radius 1 is 1.89 bits per heavy atom. The van der Waals surface area contributed by atoms with Gasteiger partial charge in [-0.05, 0) is 7.05 Å². The molecule has 0 radical (unpaired) electrons. The second-order valence-corrected chi connectivity index (χ2v) is 3.11. The van der Waals surface area contributed by atoms with Crippen molar-refractivity contribution in [3.8, 4) is 0 Å². The maximum absolute atomic E-state index is 10.4. The first-order chi connectivity index (χ1) is 4.22. The van der Waals surface area contributed by atoms with Gasteiger partial charge in [0.2, 0.25) is 0 Å². The molecule has 3 nitrogen and oxygen atoms in total. The number of carboxylic acid groups (broad SMARTS) is 1. The first-order valence-electron chi connectivity index (χ1n) is 2.72. The van der Waals surface area contributed by atoms with Gasteiger partial charge in [0.15, 0.2) is 0 Å². The van der Waals surface area contributed by atoms with E-state index >= 15 is 0 Å². The third kappa shape index (κ3) is 1.37. The van der Waals surface area contributed by atoms with Gasteiger partial charge in [-0.15, -0.1) is 11.8 Å². The first-order valence-corrected chi connectivity index (χ1v) is 3.88. The van der Waals surface area contributed by atoms with Gasteiger partial charge < -0.3 is 5.11 Å². The molecule has 0 aromatic carbocycles. The van der Waals surface area contributed by atoms with Gasteiger partial charge in [-0.25, -0.2) is 0 Å². The van der Waals surface area contributed by atoms with E-state index in [4.69, 9.17) is 5.11 Å². The molecule has 1 heterocycles. The summed E-state index contributed by atoms with van der Waals surface area (Å²) >= 11 is 1.66. The molecule has 1 N–H and O–H groups in total. The molecule has 0 bridgehead atoms. The van der Waals surface area contributed by atoms with Crippen LogP contribution in [-0.2, 0) is 4.79 Å². The molecule has 1 atom stereocenters. The van der Waals surface area contributed by atoms with E-state index < -0.39 is 5.97 Å². The fraction of sp³-hybridized carbons (Fsp3) is 0.800. The van der Waals surface area contributed by atoms with Crippen LogP contribution in [0.15, 0.2) is 0 Å². The number of rotatable bonds is 1. The van der Waals surface area contributed by atoms with Crippen LogP contribution in [-0.4, -0.2) is 40.7 Å². The van der Waals surface area contributed by atoms with Crippen LogP contribution >= 0.6 is 11.8 Å². The SMILES string of the molecule is CN1CSCC1C(=O)O. The molecule has 0 saturated carbocycles. The van der Waals surface area contributed by atoms with Crippen LogP contribution < -0.4 is 0 Å². The van der Waals surface area contributed by atoms with Gasteiger partial charge in [0.05, 0.1) is 0 Å². The van der Waals surface area contributed by atoms with Crippen LogP contribution in [0.1, 0.15) is 0 Å². The summed E-state index contributed by atoms with van der Waals surface area (Å²) in [6.07, 6.45) is 0. The Hall–Kier alpha value is -0.220. The number of aliphatic carboxylic acids is 1. The lowest BCUT2D eigenvalue weighted by atomic mass is 10.3. The number of nitrogens with zero attached hydrogens (tertiary/aromatic N) is 1. The highest BCUT2D eigenvalue weighted by atomic mass is 32.2. The van der Waals surface area contributed by atoms with Crippen LogP contribution in [0, 0.1) is 0 Å². The van der Waals surface area contributed by atoms with Crippen LogP contribution in [0.5, 0.6) is 0 Å². The number of hydrogen-bond acceptors (Lipinski definition) is 3. The quantitative estimate of drug-likeness (QED) is 0.570. The fourth-order valence-corrected chi connectivity index (χ4v) is 1.98. The summed E-state index contributed by atoms with van der Waals surface area (Å²) in [5.74, 6) is 0.866. The zero-order chi connectivity index (χ0) is 6.85. The normalized spacial score (nSPS) is 28.8. The number of thioether (sulfide) groups is 1. The molecule has 1 saturated heterocycles. The number of hydrogen-bond donors (Lipinski definition) is 1. The summed E-state index contributed by atoms with van der Waals surface area (Å²) in [5.41, 5.74) is 0. The summed E-state index contributed by atoms with van der Waals surface area (Å²) in [4.78, 5) is 12.2. The van der Waals surface area contributed by atoms with Crippen molar-refractivity contribution in [2.75, 3.05) is 18.7 Å². The fourth-order valence-electron chi connectivity index (χ4n) is 0.785. The van der Waals surface area contributed by atoms with Crippen molar-refractivity contribution in [2.24, 2.45) is 0 Å². The number of carbonyl (C=O) groups is 1. The maximum Gasteiger partial charge on any atom is 0.321 e. The third-order valence-corrected chi connectivity index (χ3v) is 2.53. The van der Waals surface area contributed by atoms with E-state index in [1.165, 1.54) is 0 Å². The van der Waals surface area contributed by atoms with Gasteiger partial charge >= 0.3 is 5.97 Å². The van der Waals surface area contributed by atoms with Crippen LogP contribution in [0.4, 0.5) is 0 Å². The summed E-state index contributed by atoms with van der Waals surface area (Å²) in [6.45, 7) is 0. The Bertz CT molecular complexity index is 128. The van der Waals surface area contributed by atoms with Gasteiger partial charge in [0.1, 0.15) is 6.04 Å². The van der Waals surface area contributed by atoms with E-state index in [2.05, 4.69) is 0 Å². The summed E-state index contributed by atoms with van der Waals surface area (Å²) in [6, 6.07) is -0.255. The van der Waals surface area contributed by atoms with Crippen molar-refractivity contribution >= 4 is 17.7 Å². The lowest BCUT2D eigenvalue weighted by Crippen LogP contribution is -2.34. The van der Waals surface area contributed by atoms with Crippen molar-refractivity contribution in [1.29, 1.82) is 0 Å². The van der Waals surface area contributed by atoms with Gasteiger partial charge in [-0.3, -0.25) is 9.69 Å². The Morgan fingerprint density at radius 3 is 2.78 bits per heavy atom. The predicted octanol–water partition coefficient (Wildman–Crippen LogP) is 0.0757. The topological polar surface area (TPSA) is 40.5 Å². The van der Waals surface area contributed by atoms with E-state index in [0.29, 0.717) is 0 Å². The van der Waals surface area contributed by atoms with E-state index in [1.807, 2.05) is 11.9 Å². The van der Waals surface area contributed by atoms with Crippen molar-refractivity contribution in [3.05, 3.63) is 0 Å². The van der Waals surface area contributed by atoms with E-state index in [9.17, 15) is 4.79 Å². The highest BCUT2D eigenvalue weighted by Crippen LogP contribution is 2.17. The number of likely N-dealkylation sites (N-methyl/N-ethyl adjacent to an activating group) is 1. The summed E-state index contributed by atoms with van der Waals surface area (Å²) < 4.78 is 0. The standard InChI is InChI=1S/C5H9NO2S/c1-6-3-9-2-4(6)5(7)8/h4H,2-3H2,1H3,(H,7,8). The molecule has 1 unspecified atom stereocenters. The van der Waals surface area contributed by atoms with Crippen LogP contribution in [0.3, 0.4) is 0 Å². The Labute approximate surface area is 58.0 Å². The molecule has 4 heteroatoms. The molecular formula is C5H9NO2S. The van der Waals surface area contributed by atoms with Crippen molar-refractivity contribution in [3.63, 3.8) is 0 Å². The molecule has 1 rings (SSSR count). The van der Waals surface area contributed by atoms with Gasteiger partial charge in [-0.1, -0.05) is 0 Å². The molecule has 1 aliphatic rings. The molecule has 9 heavy (non-hydrogen) atoms. The Balaban J connectivity index is 2.49. The molecular weight excluding hydrogens is 138 g/mol. The monoisotopic (exact) mass is 147 g/mol. The zero-order valence-corrected chi connectivity index (χ0v) is 6.02. The maximum atomic E-state index is 10.4. The molecule has 0 aromatic heterocycles. The Kier molecular flexibility index (Phi) is 1.97.